The number of hydrogen-bond acceptors (Lipinski definition) is 8. The minimum Gasteiger partial charge on any atom is -0.462 e. The van der Waals surface area contributed by atoms with E-state index in [0.717, 1.165) is 70.6 Å². The van der Waals surface area contributed by atoms with E-state index in [9.17, 15) is 19.0 Å². The van der Waals surface area contributed by atoms with Crippen LogP contribution in [-0.2, 0) is 32.7 Å². The van der Waals surface area contributed by atoms with Crippen LogP contribution in [0.4, 0.5) is 0 Å². The first-order valence-electron chi connectivity index (χ1n) is 19.8. The normalized spacial score (nSPS) is 14.0. The third-order valence-electron chi connectivity index (χ3n) is 7.89. The second-order valence-electron chi connectivity index (χ2n) is 12.8. The quantitative estimate of drug-likeness (QED) is 0.0279. The van der Waals surface area contributed by atoms with Gasteiger partial charge in [0.15, 0.2) is 6.10 Å². The average molecular weight is 738 g/mol. The molecule has 3 N–H and O–H groups in total. The van der Waals surface area contributed by atoms with Crippen LogP contribution in [0.1, 0.15) is 155 Å². The Morgan fingerprint density at radius 1 is 0.608 bits per heavy atom. The Kier molecular flexibility index (Phi) is 35.8. The molecule has 0 saturated heterocycles. The number of carbonyl (C=O) groups is 2. The predicted molar refractivity (Wildman–Crippen MR) is 210 cm³/mol. The monoisotopic (exact) mass is 737 g/mol. The van der Waals surface area contributed by atoms with E-state index in [2.05, 4.69) is 74.6 Å². The standard InChI is InChI=1S/C41H72NO8P/c1-3-5-7-9-11-13-15-17-19-21-23-25-27-29-31-33-40(43)47-37-39(38-49-51(45,46)48-36-35-42)50-41(44)34-32-30-28-26-24-22-20-18-16-14-12-10-8-6-4-2/h5,7,11,13,17-20,23,25,39H,3-4,6,8-10,12,14-16,21-22,24,26-38,42H2,1-2H3,(H,45,46)/b7-5+,13-11+,19-17+,20-18+,25-23+/t39-/m1/s1. The first kappa shape index (κ1) is 48.7. The molecule has 51 heavy (non-hydrogen) atoms. The third-order valence-corrected chi connectivity index (χ3v) is 8.87. The molecule has 2 atom stereocenters. The molecule has 0 aromatic heterocycles. The Hall–Kier alpha value is -2.29. The molecule has 0 radical (unpaired) electrons. The number of carbonyl (C=O) groups excluding carboxylic acids is 2. The van der Waals surface area contributed by atoms with Gasteiger partial charge >= 0.3 is 19.8 Å². The number of esters is 2. The maximum Gasteiger partial charge on any atom is 0.472 e. The predicted octanol–water partition coefficient (Wildman–Crippen LogP) is 10.9. The minimum absolute atomic E-state index is 0.0438. The van der Waals surface area contributed by atoms with Crippen molar-refractivity contribution in [2.24, 2.45) is 5.73 Å². The first-order chi connectivity index (χ1) is 24.8. The van der Waals surface area contributed by atoms with Crippen LogP contribution in [0.2, 0.25) is 0 Å². The molecule has 0 bridgehead atoms. The van der Waals surface area contributed by atoms with Gasteiger partial charge in [-0.2, -0.15) is 0 Å². The summed E-state index contributed by atoms with van der Waals surface area (Å²) in [5, 5.41) is 0. The summed E-state index contributed by atoms with van der Waals surface area (Å²) >= 11 is 0. The van der Waals surface area contributed by atoms with Crippen molar-refractivity contribution in [2.75, 3.05) is 26.4 Å². The van der Waals surface area contributed by atoms with E-state index in [0.29, 0.717) is 12.8 Å². The van der Waals surface area contributed by atoms with E-state index in [1.165, 1.54) is 44.9 Å². The van der Waals surface area contributed by atoms with Crippen LogP contribution < -0.4 is 5.73 Å². The molecule has 1 unspecified atom stereocenters. The van der Waals surface area contributed by atoms with E-state index in [4.69, 9.17) is 24.3 Å². The van der Waals surface area contributed by atoms with E-state index >= 15 is 0 Å². The maximum absolute atomic E-state index is 12.5. The summed E-state index contributed by atoms with van der Waals surface area (Å²) in [5.41, 5.74) is 5.33. The fourth-order valence-electron chi connectivity index (χ4n) is 4.97. The fraction of sp³-hybridized carbons (Fsp3) is 0.707. The number of unbranched alkanes of at least 4 members (excludes halogenated alkanes) is 13. The molecule has 0 amide bonds. The van der Waals surface area contributed by atoms with Crippen LogP contribution >= 0.6 is 7.82 Å². The Morgan fingerprint density at radius 3 is 1.67 bits per heavy atom. The van der Waals surface area contributed by atoms with E-state index in [-0.39, 0.29) is 32.6 Å². The van der Waals surface area contributed by atoms with E-state index in [1.54, 1.807) is 0 Å². The summed E-state index contributed by atoms with van der Waals surface area (Å²) in [6.45, 7) is 3.53. The van der Waals surface area contributed by atoms with Gasteiger partial charge < -0.3 is 20.1 Å². The molecule has 0 aliphatic rings. The molecule has 0 aromatic carbocycles. The number of hydrogen-bond donors (Lipinski definition) is 2. The molecule has 9 nitrogen and oxygen atoms in total. The molecule has 0 aliphatic carbocycles. The zero-order chi connectivity index (χ0) is 37.5. The van der Waals surface area contributed by atoms with Gasteiger partial charge in [0, 0.05) is 19.4 Å². The smallest absolute Gasteiger partial charge is 0.462 e. The van der Waals surface area contributed by atoms with Gasteiger partial charge in [-0.1, -0.05) is 126 Å². The van der Waals surface area contributed by atoms with Crippen LogP contribution in [0.15, 0.2) is 60.8 Å². The molecule has 0 saturated carbocycles. The van der Waals surface area contributed by atoms with Crippen LogP contribution in [-0.4, -0.2) is 49.3 Å². The molecular formula is C41H72NO8P. The minimum atomic E-state index is -4.39. The molecule has 0 heterocycles. The number of allylic oxidation sites excluding steroid dienone is 10. The SMILES string of the molecule is CC/C=C/C/C=C/C/C=C/C/C=C/CCCCC(=O)OC[C@H](COP(=O)(O)OCCN)OC(=O)CCCCCCC/C=C/CCCCCCCC. The second kappa shape index (κ2) is 37.5. The highest BCUT2D eigenvalue weighted by atomic mass is 31.2. The fourth-order valence-corrected chi connectivity index (χ4v) is 5.74. The van der Waals surface area contributed by atoms with Gasteiger partial charge in [0.2, 0.25) is 0 Å². The highest BCUT2D eigenvalue weighted by Gasteiger charge is 2.25. The maximum atomic E-state index is 12.5. The third kappa shape index (κ3) is 37.3. The Balaban J connectivity index is 4.30. The molecule has 10 heteroatoms. The second-order valence-corrected chi connectivity index (χ2v) is 14.2. The van der Waals surface area contributed by atoms with E-state index < -0.39 is 32.5 Å². The average Bonchev–Trinajstić information content (AvgIpc) is 3.11. The molecule has 0 spiro atoms. The van der Waals surface area contributed by atoms with Crippen molar-refractivity contribution in [3.63, 3.8) is 0 Å². The summed E-state index contributed by atoms with van der Waals surface area (Å²) in [6.07, 6.45) is 42.5. The van der Waals surface area contributed by atoms with Crippen LogP contribution in [0, 0.1) is 0 Å². The summed E-state index contributed by atoms with van der Waals surface area (Å²) in [5.74, 6) is -0.893. The highest BCUT2D eigenvalue weighted by molar-refractivity contribution is 7.47. The lowest BCUT2D eigenvalue weighted by Gasteiger charge is -2.19. The summed E-state index contributed by atoms with van der Waals surface area (Å²) in [4.78, 5) is 34.7. The van der Waals surface area contributed by atoms with Gasteiger partial charge in [0.1, 0.15) is 6.61 Å². The number of rotatable bonds is 36. The van der Waals surface area contributed by atoms with Gasteiger partial charge in [0.25, 0.3) is 0 Å². The van der Waals surface area contributed by atoms with Gasteiger partial charge in [-0.25, -0.2) is 4.57 Å². The molecular weight excluding hydrogens is 665 g/mol. The Labute approximate surface area is 310 Å². The van der Waals surface area contributed by atoms with Gasteiger partial charge in [-0.15, -0.1) is 0 Å². The topological polar surface area (TPSA) is 134 Å². The molecule has 0 aliphatic heterocycles. The number of nitrogens with two attached hydrogens (primary N) is 1. The van der Waals surface area contributed by atoms with Gasteiger partial charge in [0.05, 0.1) is 13.2 Å². The van der Waals surface area contributed by atoms with E-state index in [1.807, 2.05) is 0 Å². The highest BCUT2D eigenvalue weighted by Crippen LogP contribution is 2.43. The lowest BCUT2D eigenvalue weighted by molar-refractivity contribution is -0.161. The largest absolute Gasteiger partial charge is 0.472 e. The summed E-state index contributed by atoms with van der Waals surface area (Å²) < 4.78 is 32.6. The van der Waals surface area contributed by atoms with Crippen molar-refractivity contribution in [2.45, 2.75) is 161 Å². The van der Waals surface area contributed by atoms with Crippen LogP contribution in [0.25, 0.3) is 0 Å². The zero-order valence-corrected chi connectivity index (χ0v) is 33.0. The lowest BCUT2D eigenvalue weighted by Crippen LogP contribution is -2.29. The molecule has 0 fully saturated rings. The summed E-state index contributed by atoms with van der Waals surface area (Å²) in [7, 11) is -4.39. The van der Waals surface area contributed by atoms with Crippen LogP contribution in [0.5, 0.6) is 0 Å². The number of phosphoric acid groups is 1. The van der Waals surface area contributed by atoms with Crippen molar-refractivity contribution in [1.82, 2.24) is 0 Å². The Bertz CT molecular complexity index is 1020. The van der Waals surface area contributed by atoms with Crippen molar-refractivity contribution in [3.8, 4) is 0 Å². The van der Waals surface area contributed by atoms with Crippen molar-refractivity contribution in [1.29, 1.82) is 0 Å². The first-order valence-corrected chi connectivity index (χ1v) is 21.3. The van der Waals surface area contributed by atoms with Crippen molar-refractivity contribution >= 4 is 19.8 Å². The van der Waals surface area contributed by atoms with Gasteiger partial charge in [-0.3, -0.25) is 18.6 Å². The molecule has 0 rings (SSSR count). The molecule has 294 valence electrons. The Morgan fingerprint density at radius 2 is 1.08 bits per heavy atom. The zero-order valence-electron chi connectivity index (χ0n) is 32.1. The number of phosphoric ester groups is 1. The van der Waals surface area contributed by atoms with Crippen molar-refractivity contribution in [3.05, 3.63) is 60.8 Å². The van der Waals surface area contributed by atoms with Gasteiger partial charge in [-0.05, 0) is 77.0 Å². The van der Waals surface area contributed by atoms with Crippen LogP contribution in [0.3, 0.4) is 0 Å². The lowest BCUT2D eigenvalue weighted by atomic mass is 10.1. The molecule has 0 aromatic rings. The van der Waals surface area contributed by atoms with Crippen molar-refractivity contribution < 1.29 is 37.6 Å². The number of ether oxygens (including phenoxy) is 2. The summed E-state index contributed by atoms with van der Waals surface area (Å²) in [6, 6.07) is 0.